The Hall–Kier alpha value is -2.97. The number of hydrogen-bond donors (Lipinski definition) is 3. The Morgan fingerprint density at radius 3 is 2.67 bits per heavy atom. The van der Waals surface area contributed by atoms with E-state index < -0.39 is 10.0 Å². The number of morpholine rings is 1. The fraction of sp³-hybridized carbons (Fsp3) is 0.556. The van der Waals surface area contributed by atoms with Crippen LogP contribution in [0.15, 0.2) is 35.4 Å². The summed E-state index contributed by atoms with van der Waals surface area (Å²) in [6.45, 7) is 7.73. The van der Waals surface area contributed by atoms with Gasteiger partial charge >= 0.3 is 0 Å². The summed E-state index contributed by atoms with van der Waals surface area (Å²) in [5.74, 6) is 1.36. The fourth-order valence-corrected chi connectivity index (χ4v) is 7.10. The topological polar surface area (TPSA) is 134 Å². The van der Waals surface area contributed by atoms with Crippen LogP contribution in [0.25, 0.3) is 11.0 Å². The van der Waals surface area contributed by atoms with Gasteiger partial charge in [-0.05, 0) is 51.3 Å². The van der Waals surface area contributed by atoms with Crippen molar-refractivity contribution in [1.29, 1.82) is 0 Å². The lowest BCUT2D eigenvalue weighted by Crippen LogP contribution is -2.55. The summed E-state index contributed by atoms with van der Waals surface area (Å²) < 4.78 is 45.9. The Morgan fingerprint density at radius 1 is 1.12 bits per heavy atom. The first kappa shape index (κ1) is 28.6. The van der Waals surface area contributed by atoms with E-state index in [0.29, 0.717) is 55.2 Å². The zero-order chi connectivity index (χ0) is 28.3. The third-order valence-corrected chi connectivity index (χ3v) is 9.19. The van der Waals surface area contributed by atoms with Gasteiger partial charge in [0, 0.05) is 39.0 Å². The summed E-state index contributed by atoms with van der Waals surface area (Å²) in [5, 5.41) is 7.50. The summed E-state index contributed by atoms with van der Waals surface area (Å²) in [6.07, 6.45) is 4.30. The highest BCUT2D eigenvalue weighted by Gasteiger charge is 2.37. The van der Waals surface area contributed by atoms with E-state index in [-0.39, 0.29) is 16.6 Å². The van der Waals surface area contributed by atoms with Gasteiger partial charge in [-0.1, -0.05) is 0 Å². The number of anilines is 3. The molecule has 2 aliphatic rings. The predicted molar refractivity (Wildman–Crippen MR) is 154 cm³/mol. The van der Waals surface area contributed by atoms with Crippen LogP contribution in [-0.2, 0) is 19.5 Å². The molecule has 0 saturated carbocycles. The van der Waals surface area contributed by atoms with Crippen molar-refractivity contribution < 1.29 is 22.6 Å². The van der Waals surface area contributed by atoms with Crippen LogP contribution >= 0.6 is 0 Å². The number of aromatic amines is 1. The molecule has 0 amide bonds. The molecule has 5 rings (SSSR count). The van der Waals surface area contributed by atoms with Crippen LogP contribution in [-0.4, -0.2) is 98.0 Å². The molecule has 0 spiro atoms. The maximum absolute atomic E-state index is 13.9. The van der Waals surface area contributed by atoms with E-state index in [1.807, 2.05) is 26.1 Å². The van der Waals surface area contributed by atoms with Gasteiger partial charge in [0.15, 0.2) is 0 Å². The highest BCUT2D eigenvalue weighted by molar-refractivity contribution is 7.89. The largest absolute Gasteiger partial charge is 0.495 e. The van der Waals surface area contributed by atoms with Crippen molar-refractivity contribution in [2.24, 2.45) is 0 Å². The molecule has 4 heterocycles. The van der Waals surface area contributed by atoms with Gasteiger partial charge in [-0.2, -0.15) is 14.3 Å². The van der Waals surface area contributed by atoms with E-state index in [0.717, 1.165) is 37.7 Å². The molecule has 0 radical (unpaired) electrons. The number of ether oxygens (including phenoxy) is 3. The van der Waals surface area contributed by atoms with E-state index in [1.165, 1.54) is 7.11 Å². The van der Waals surface area contributed by atoms with Gasteiger partial charge < -0.3 is 29.8 Å². The van der Waals surface area contributed by atoms with Crippen LogP contribution < -0.4 is 15.4 Å². The highest BCUT2D eigenvalue weighted by Crippen LogP contribution is 2.34. The third-order valence-electron chi connectivity index (χ3n) is 7.29. The quantitative estimate of drug-likeness (QED) is 0.331. The van der Waals surface area contributed by atoms with Gasteiger partial charge in [0.05, 0.1) is 54.6 Å². The Labute approximate surface area is 235 Å². The Bertz CT molecular complexity index is 1420. The van der Waals surface area contributed by atoms with Gasteiger partial charge in [0.2, 0.25) is 16.0 Å². The minimum Gasteiger partial charge on any atom is -0.495 e. The molecule has 218 valence electrons. The lowest BCUT2D eigenvalue weighted by molar-refractivity contribution is -0.0215. The highest BCUT2D eigenvalue weighted by atomic mass is 32.2. The molecule has 40 heavy (non-hydrogen) atoms. The molecule has 13 heteroatoms. The van der Waals surface area contributed by atoms with Gasteiger partial charge in [-0.25, -0.2) is 8.42 Å². The zero-order valence-corrected chi connectivity index (χ0v) is 24.4. The standard InChI is InChI=1S/C27H39N7O5S/c1-27(2,18-37-3)32-25-20-10-11-28-24(20)30-26(31-25)29-21-9-8-19(17-22(21)38-4)40(35,36)34-12-6-5-7-23(34)33-13-15-39-16-14-33/h8-11,17,23H,5-7,12-16,18H2,1-4H3,(H3,28,29,30,31,32). The van der Waals surface area contributed by atoms with Crippen molar-refractivity contribution >= 4 is 38.5 Å². The first-order chi connectivity index (χ1) is 19.2. The van der Waals surface area contributed by atoms with Crippen LogP contribution in [0.2, 0.25) is 0 Å². The van der Waals surface area contributed by atoms with Crippen LogP contribution in [0.5, 0.6) is 5.75 Å². The smallest absolute Gasteiger partial charge is 0.244 e. The second-order valence-electron chi connectivity index (χ2n) is 10.8. The summed E-state index contributed by atoms with van der Waals surface area (Å²) in [6, 6.07) is 6.79. The number of benzene rings is 1. The molecule has 2 saturated heterocycles. The molecule has 12 nitrogen and oxygen atoms in total. The number of nitrogens with zero attached hydrogens (tertiary/aromatic N) is 4. The summed E-state index contributed by atoms with van der Waals surface area (Å²) in [5.41, 5.74) is 0.842. The van der Waals surface area contributed by atoms with E-state index in [4.69, 9.17) is 19.2 Å². The van der Waals surface area contributed by atoms with E-state index >= 15 is 0 Å². The number of fused-ring (bicyclic) bond motifs is 1. The maximum Gasteiger partial charge on any atom is 0.244 e. The lowest BCUT2D eigenvalue weighted by atomic mass is 10.1. The fourth-order valence-electron chi connectivity index (χ4n) is 5.41. The van der Waals surface area contributed by atoms with Gasteiger partial charge in [0.1, 0.15) is 17.2 Å². The number of aromatic nitrogens is 3. The van der Waals surface area contributed by atoms with Crippen molar-refractivity contribution in [1.82, 2.24) is 24.2 Å². The summed E-state index contributed by atoms with van der Waals surface area (Å²) >= 11 is 0. The molecule has 0 bridgehead atoms. The summed E-state index contributed by atoms with van der Waals surface area (Å²) in [7, 11) is -0.575. The normalized spacial score (nSPS) is 19.6. The number of nitrogens with one attached hydrogen (secondary N) is 3. The molecule has 1 unspecified atom stereocenters. The maximum atomic E-state index is 13.9. The van der Waals surface area contributed by atoms with E-state index in [1.54, 1.807) is 29.6 Å². The van der Waals surface area contributed by atoms with Gasteiger partial charge in [-0.15, -0.1) is 0 Å². The average molecular weight is 574 g/mol. The molecule has 2 aliphatic heterocycles. The second-order valence-corrected chi connectivity index (χ2v) is 12.7. The number of rotatable bonds is 10. The van der Waals surface area contributed by atoms with Crippen LogP contribution in [0.1, 0.15) is 33.1 Å². The Balaban J connectivity index is 1.42. The van der Waals surface area contributed by atoms with Crippen LogP contribution in [0.3, 0.4) is 0 Å². The van der Waals surface area contributed by atoms with Crippen molar-refractivity contribution in [3.05, 3.63) is 30.5 Å². The molecule has 2 aromatic heterocycles. The minimum atomic E-state index is -3.75. The van der Waals surface area contributed by atoms with Crippen molar-refractivity contribution in [2.45, 2.75) is 49.7 Å². The van der Waals surface area contributed by atoms with Crippen molar-refractivity contribution in [3.63, 3.8) is 0 Å². The molecular weight excluding hydrogens is 534 g/mol. The molecule has 3 N–H and O–H groups in total. The summed E-state index contributed by atoms with van der Waals surface area (Å²) in [4.78, 5) is 14.9. The number of methoxy groups -OCH3 is 2. The van der Waals surface area contributed by atoms with E-state index in [9.17, 15) is 8.42 Å². The number of piperidine rings is 1. The molecule has 2 fully saturated rings. The number of hydrogen-bond acceptors (Lipinski definition) is 10. The monoisotopic (exact) mass is 573 g/mol. The Morgan fingerprint density at radius 2 is 1.93 bits per heavy atom. The zero-order valence-electron chi connectivity index (χ0n) is 23.6. The minimum absolute atomic E-state index is 0.166. The molecule has 0 aliphatic carbocycles. The third kappa shape index (κ3) is 6.03. The van der Waals surface area contributed by atoms with Crippen molar-refractivity contribution in [2.75, 3.05) is 64.3 Å². The molecule has 3 aromatic rings. The van der Waals surface area contributed by atoms with Crippen LogP contribution in [0.4, 0.5) is 17.5 Å². The first-order valence-electron chi connectivity index (χ1n) is 13.6. The molecule has 1 aromatic carbocycles. The van der Waals surface area contributed by atoms with Gasteiger partial charge in [-0.3, -0.25) is 4.90 Å². The number of H-pyrrole nitrogens is 1. The molecule has 1 atom stereocenters. The average Bonchev–Trinajstić information content (AvgIpc) is 3.42. The number of sulfonamides is 1. The van der Waals surface area contributed by atoms with E-state index in [2.05, 4.69) is 25.5 Å². The second kappa shape index (κ2) is 11.9. The van der Waals surface area contributed by atoms with Crippen molar-refractivity contribution in [3.8, 4) is 5.75 Å². The van der Waals surface area contributed by atoms with Crippen LogP contribution in [0, 0.1) is 0 Å². The lowest BCUT2D eigenvalue weighted by Gasteiger charge is -2.43. The SMILES string of the molecule is COCC(C)(C)Nc1nc(Nc2ccc(S(=O)(=O)N3CCCCC3N3CCOCC3)cc2OC)nc2[nH]ccc12. The first-order valence-corrected chi connectivity index (χ1v) is 15.1. The predicted octanol–water partition coefficient (Wildman–Crippen LogP) is 3.38. The van der Waals surface area contributed by atoms with Gasteiger partial charge in [0.25, 0.3) is 0 Å². The Kier molecular flexibility index (Phi) is 8.47. The molecular formula is C27H39N7O5S.